The van der Waals surface area contributed by atoms with Gasteiger partial charge >= 0.3 is 0 Å². The number of thioether (sulfide) groups is 1. The Labute approximate surface area is 112 Å². The zero-order valence-electron chi connectivity index (χ0n) is 11.1. The van der Waals surface area contributed by atoms with E-state index in [1.807, 2.05) is 30.5 Å². The highest BCUT2D eigenvalue weighted by Crippen LogP contribution is 2.15. The Morgan fingerprint density at radius 3 is 2.56 bits per heavy atom. The molecule has 1 atom stereocenters. The van der Waals surface area contributed by atoms with Gasteiger partial charge in [0.1, 0.15) is 6.04 Å². The maximum atomic E-state index is 11.9. The summed E-state index contributed by atoms with van der Waals surface area (Å²) in [5, 5.41) is 0. The molecule has 1 amide bonds. The third-order valence-electron chi connectivity index (χ3n) is 2.62. The monoisotopic (exact) mass is 268 g/mol. The van der Waals surface area contributed by atoms with Gasteiger partial charge in [-0.05, 0) is 24.0 Å². The lowest BCUT2D eigenvalue weighted by molar-refractivity contribution is -0.132. The summed E-state index contributed by atoms with van der Waals surface area (Å²) < 4.78 is 4.88. The molecule has 0 spiro atoms. The zero-order valence-corrected chi connectivity index (χ0v) is 11.9. The summed E-state index contributed by atoms with van der Waals surface area (Å²) >= 11 is 1.70. The van der Waals surface area contributed by atoms with E-state index in [1.165, 1.54) is 12.0 Å². The molecule has 2 N–H and O–H groups in total. The van der Waals surface area contributed by atoms with Crippen LogP contribution < -0.4 is 5.73 Å². The molecule has 4 nitrogen and oxygen atoms in total. The van der Waals surface area contributed by atoms with Crippen LogP contribution >= 0.6 is 11.8 Å². The van der Waals surface area contributed by atoms with Crippen LogP contribution in [-0.2, 0) is 16.1 Å². The molecule has 1 aromatic carbocycles. The van der Waals surface area contributed by atoms with Crippen LogP contribution in [0.2, 0.25) is 0 Å². The second kappa shape index (κ2) is 7.41. The molecule has 0 aliphatic heterocycles. The summed E-state index contributed by atoms with van der Waals surface area (Å²) in [7, 11) is 3.29. The number of benzene rings is 1. The van der Waals surface area contributed by atoms with Crippen LogP contribution in [0.15, 0.2) is 29.2 Å². The normalized spacial score (nSPS) is 12.2. The Kier molecular flexibility index (Phi) is 6.18. The van der Waals surface area contributed by atoms with Crippen molar-refractivity contribution in [2.45, 2.75) is 17.5 Å². The van der Waals surface area contributed by atoms with Gasteiger partial charge in [0, 0.05) is 25.6 Å². The predicted octanol–water partition coefficient (Wildman–Crippen LogP) is 1.34. The topological polar surface area (TPSA) is 55.6 Å². The van der Waals surface area contributed by atoms with Crippen molar-refractivity contribution in [2.75, 3.05) is 27.0 Å². The third-order valence-corrected chi connectivity index (χ3v) is 3.36. The van der Waals surface area contributed by atoms with Crippen molar-refractivity contribution in [1.29, 1.82) is 0 Å². The van der Waals surface area contributed by atoms with Crippen molar-refractivity contribution in [3.63, 3.8) is 0 Å². The maximum absolute atomic E-state index is 11.9. The number of nitrogens with two attached hydrogens (primary N) is 1. The van der Waals surface area contributed by atoms with Crippen LogP contribution in [0.3, 0.4) is 0 Å². The van der Waals surface area contributed by atoms with E-state index in [4.69, 9.17) is 10.5 Å². The van der Waals surface area contributed by atoms with E-state index in [2.05, 4.69) is 0 Å². The van der Waals surface area contributed by atoms with Crippen LogP contribution in [0, 0.1) is 0 Å². The molecule has 0 aliphatic carbocycles. The van der Waals surface area contributed by atoms with E-state index in [-0.39, 0.29) is 12.5 Å². The fraction of sp³-hybridized carbons (Fsp3) is 0.462. The Bertz CT molecular complexity index is 381. The summed E-state index contributed by atoms with van der Waals surface area (Å²) in [6.07, 6.45) is 2.04. The lowest BCUT2D eigenvalue weighted by Crippen LogP contribution is -2.44. The molecule has 1 aromatic rings. The molecular weight excluding hydrogens is 248 g/mol. The van der Waals surface area contributed by atoms with Gasteiger partial charge in [-0.3, -0.25) is 4.79 Å². The molecule has 1 rings (SSSR count). The number of amides is 1. The molecule has 0 aromatic heterocycles. The fourth-order valence-electron chi connectivity index (χ4n) is 1.62. The second-order valence-electron chi connectivity index (χ2n) is 4.10. The summed E-state index contributed by atoms with van der Waals surface area (Å²) in [6.45, 7) is 0.805. The Morgan fingerprint density at radius 1 is 1.44 bits per heavy atom. The van der Waals surface area contributed by atoms with Gasteiger partial charge in [-0.2, -0.15) is 0 Å². The average Bonchev–Trinajstić information content (AvgIpc) is 2.39. The SMILES string of the molecule is COCC(N)C(=O)N(C)Cc1ccc(SC)cc1. The summed E-state index contributed by atoms with van der Waals surface area (Å²) in [6, 6.07) is 7.56. The first-order valence-electron chi connectivity index (χ1n) is 5.71. The van der Waals surface area contributed by atoms with E-state index >= 15 is 0 Å². The number of carbonyl (C=O) groups is 1. The Hall–Kier alpha value is -1.04. The van der Waals surface area contributed by atoms with Crippen molar-refractivity contribution in [3.05, 3.63) is 29.8 Å². The smallest absolute Gasteiger partial charge is 0.241 e. The molecule has 100 valence electrons. The number of likely N-dealkylation sites (N-methyl/N-ethyl adjacent to an activating group) is 1. The van der Waals surface area contributed by atoms with Crippen molar-refractivity contribution in [1.82, 2.24) is 4.90 Å². The largest absolute Gasteiger partial charge is 0.383 e. The highest BCUT2D eigenvalue weighted by Gasteiger charge is 2.17. The second-order valence-corrected chi connectivity index (χ2v) is 4.98. The van der Waals surface area contributed by atoms with Crippen molar-refractivity contribution in [2.24, 2.45) is 5.73 Å². The summed E-state index contributed by atoms with van der Waals surface area (Å²) in [5.41, 5.74) is 6.80. The van der Waals surface area contributed by atoms with E-state index < -0.39 is 6.04 Å². The van der Waals surface area contributed by atoms with Crippen molar-refractivity contribution in [3.8, 4) is 0 Å². The number of rotatable bonds is 6. The standard InChI is InChI=1S/C13H20N2O2S/c1-15(13(16)12(14)9-17-2)8-10-4-6-11(18-3)7-5-10/h4-7,12H,8-9,14H2,1-3H3. The molecule has 18 heavy (non-hydrogen) atoms. The molecule has 0 fully saturated rings. The number of hydrogen-bond donors (Lipinski definition) is 1. The van der Waals surface area contributed by atoms with Crippen LogP contribution in [0.5, 0.6) is 0 Å². The first kappa shape index (κ1) is 15.0. The van der Waals surface area contributed by atoms with E-state index in [9.17, 15) is 4.79 Å². The third kappa shape index (κ3) is 4.33. The highest BCUT2D eigenvalue weighted by molar-refractivity contribution is 7.98. The van der Waals surface area contributed by atoms with Crippen LogP contribution in [0.1, 0.15) is 5.56 Å². The molecule has 5 heteroatoms. The molecule has 0 bridgehead atoms. The van der Waals surface area contributed by atoms with Crippen molar-refractivity contribution >= 4 is 17.7 Å². The molecular formula is C13H20N2O2S. The zero-order chi connectivity index (χ0) is 13.5. The van der Waals surface area contributed by atoms with E-state index in [1.54, 1.807) is 23.7 Å². The maximum Gasteiger partial charge on any atom is 0.241 e. The number of carbonyl (C=O) groups excluding carboxylic acids is 1. The van der Waals surface area contributed by atoms with Gasteiger partial charge in [-0.15, -0.1) is 11.8 Å². The van der Waals surface area contributed by atoms with Gasteiger partial charge in [0.2, 0.25) is 5.91 Å². The van der Waals surface area contributed by atoms with Gasteiger partial charge in [-0.1, -0.05) is 12.1 Å². The first-order valence-corrected chi connectivity index (χ1v) is 6.93. The lowest BCUT2D eigenvalue weighted by atomic mass is 10.2. The van der Waals surface area contributed by atoms with E-state index in [0.29, 0.717) is 6.54 Å². The van der Waals surface area contributed by atoms with Gasteiger partial charge in [0.25, 0.3) is 0 Å². The minimum absolute atomic E-state index is 0.106. The number of ether oxygens (including phenoxy) is 1. The fourth-order valence-corrected chi connectivity index (χ4v) is 2.02. The van der Waals surface area contributed by atoms with Gasteiger partial charge in [0.05, 0.1) is 6.61 Å². The van der Waals surface area contributed by atoms with Crippen LogP contribution in [-0.4, -0.2) is 43.9 Å². The molecule has 1 unspecified atom stereocenters. The van der Waals surface area contributed by atoms with Gasteiger partial charge < -0.3 is 15.4 Å². The quantitative estimate of drug-likeness (QED) is 0.791. The molecule has 0 heterocycles. The first-order chi connectivity index (χ1) is 8.58. The van der Waals surface area contributed by atoms with E-state index in [0.717, 1.165) is 5.56 Å². The molecule has 0 saturated heterocycles. The number of methoxy groups -OCH3 is 1. The predicted molar refractivity (Wildman–Crippen MR) is 74.5 cm³/mol. The number of hydrogen-bond acceptors (Lipinski definition) is 4. The molecule has 0 aliphatic rings. The Morgan fingerprint density at radius 2 is 2.06 bits per heavy atom. The van der Waals surface area contributed by atoms with Gasteiger partial charge in [0.15, 0.2) is 0 Å². The Balaban J connectivity index is 2.57. The minimum Gasteiger partial charge on any atom is -0.383 e. The van der Waals surface area contributed by atoms with Crippen LogP contribution in [0.4, 0.5) is 0 Å². The molecule has 0 saturated carbocycles. The highest BCUT2D eigenvalue weighted by atomic mass is 32.2. The average molecular weight is 268 g/mol. The summed E-state index contributed by atoms with van der Waals surface area (Å²) in [5.74, 6) is -0.106. The number of nitrogens with zero attached hydrogens (tertiary/aromatic N) is 1. The lowest BCUT2D eigenvalue weighted by Gasteiger charge is -2.21. The molecule has 0 radical (unpaired) electrons. The summed E-state index contributed by atoms with van der Waals surface area (Å²) in [4.78, 5) is 14.7. The van der Waals surface area contributed by atoms with Gasteiger partial charge in [-0.25, -0.2) is 0 Å². The minimum atomic E-state index is -0.592. The van der Waals surface area contributed by atoms with Crippen molar-refractivity contribution < 1.29 is 9.53 Å². The van der Waals surface area contributed by atoms with Crippen LogP contribution in [0.25, 0.3) is 0 Å².